The van der Waals surface area contributed by atoms with Crippen LogP contribution < -0.4 is 5.46 Å². The molecular weight excluding hydrogens is 497 g/mol. The van der Waals surface area contributed by atoms with Gasteiger partial charge in [-0.15, -0.1) is 0 Å². The molecule has 7 heteroatoms. The van der Waals surface area contributed by atoms with Gasteiger partial charge in [0, 0.05) is 27.5 Å². The number of rotatable bonds is 7. The number of hydrogen-bond acceptors (Lipinski definition) is 6. The van der Waals surface area contributed by atoms with Crippen molar-refractivity contribution in [1.29, 1.82) is 0 Å². The Balaban J connectivity index is 1.38. The third-order valence-electron chi connectivity index (χ3n) is 7.44. The van der Waals surface area contributed by atoms with E-state index in [1.165, 1.54) is 0 Å². The number of hydrogen-bond donors (Lipinski definition) is 1. The number of aromatic nitrogens is 3. The number of aliphatic hydroxyl groups is 1. The summed E-state index contributed by atoms with van der Waals surface area (Å²) in [6.45, 7) is 7.19. The zero-order valence-electron chi connectivity index (χ0n) is 22.9. The van der Waals surface area contributed by atoms with Crippen LogP contribution in [0.1, 0.15) is 27.7 Å². The zero-order chi connectivity index (χ0) is 27.9. The molecule has 2 heterocycles. The van der Waals surface area contributed by atoms with Crippen molar-refractivity contribution in [2.45, 2.75) is 38.9 Å². The Bertz CT molecular complexity index is 1810. The van der Waals surface area contributed by atoms with Crippen LogP contribution in [0.15, 0.2) is 101 Å². The molecule has 0 amide bonds. The lowest BCUT2D eigenvalue weighted by atomic mass is 9.82. The summed E-state index contributed by atoms with van der Waals surface area (Å²) in [7, 11) is 1.67. The molecule has 6 nitrogen and oxygen atoms in total. The van der Waals surface area contributed by atoms with Gasteiger partial charge in [-0.25, -0.2) is 15.0 Å². The van der Waals surface area contributed by atoms with E-state index in [1.54, 1.807) is 21.3 Å². The molecule has 0 saturated heterocycles. The van der Waals surface area contributed by atoms with Crippen LogP contribution in [0.2, 0.25) is 0 Å². The van der Waals surface area contributed by atoms with E-state index in [9.17, 15) is 5.11 Å². The fourth-order valence-electron chi connectivity index (χ4n) is 4.29. The van der Waals surface area contributed by atoms with Gasteiger partial charge in [0.25, 0.3) is 0 Å². The van der Waals surface area contributed by atoms with Gasteiger partial charge in [-0.3, -0.25) is 0 Å². The van der Waals surface area contributed by atoms with Crippen LogP contribution in [-0.4, -0.2) is 38.7 Å². The second-order valence-electron chi connectivity index (χ2n) is 10.9. The molecule has 1 N–H and O–H groups in total. The van der Waals surface area contributed by atoms with Crippen molar-refractivity contribution in [3.63, 3.8) is 0 Å². The quantitative estimate of drug-likeness (QED) is 0.237. The topological polar surface area (TPSA) is 81.3 Å². The van der Waals surface area contributed by atoms with Crippen LogP contribution in [0, 0.1) is 0 Å². The third-order valence-corrected chi connectivity index (χ3v) is 7.44. The van der Waals surface area contributed by atoms with E-state index in [1.807, 2.05) is 98.8 Å². The molecule has 4 aromatic carbocycles. The highest BCUT2D eigenvalue weighted by Gasteiger charge is 2.35. The molecule has 0 saturated carbocycles. The summed E-state index contributed by atoms with van der Waals surface area (Å²) in [6.07, 6.45) is 0. The smallest absolute Gasteiger partial charge is 0.330 e. The molecule has 0 fully saturated rings. The van der Waals surface area contributed by atoms with Crippen molar-refractivity contribution in [2.75, 3.05) is 0 Å². The summed E-state index contributed by atoms with van der Waals surface area (Å²) in [5, 5.41) is 12.5. The van der Waals surface area contributed by atoms with Crippen molar-refractivity contribution in [2.24, 2.45) is 0 Å². The van der Waals surface area contributed by atoms with Crippen LogP contribution in [0.5, 0.6) is 0 Å². The van der Waals surface area contributed by atoms with Gasteiger partial charge in [-0.05, 0) is 45.9 Å². The summed E-state index contributed by atoms with van der Waals surface area (Å²) in [4.78, 5) is 14.5. The molecular formula is C33H29BN3O3. The Labute approximate surface area is 234 Å². The first-order chi connectivity index (χ1) is 19.2. The van der Waals surface area contributed by atoms with Gasteiger partial charge in [-0.1, -0.05) is 84.3 Å². The maximum Gasteiger partial charge on any atom is 0.330 e. The monoisotopic (exact) mass is 526 g/mol. The highest BCUT2D eigenvalue weighted by molar-refractivity contribution is 6.47. The molecule has 0 aliphatic rings. The predicted molar refractivity (Wildman–Crippen MR) is 160 cm³/mol. The summed E-state index contributed by atoms with van der Waals surface area (Å²) < 4.78 is 12.0. The van der Waals surface area contributed by atoms with Crippen LogP contribution in [0.4, 0.5) is 0 Å². The Kier molecular flexibility index (Phi) is 6.49. The van der Waals surface area contributed by atoms with Gasteiger partial charge in [0.2, 0.25) is 0 Å². The molecule has 40 heavy (non-hydrogen) atoms. The molecule has 0 spiro atoms. The van der Waals surface area contributed by atoms with Gasteiger partial charge in [0.05, 0.1) is 11.2 Å². The van der Waals surface area contributed by atoms with Crippen molar-refractivity contribution in [3.05, 3.63) is 97.1 Å². The van der Waals surface area contributed by atoms with Crippen molar-refractivity contribution >= 4 is 34.9 Å². The number of nitrogens with zero attached hydrogens (tertiary/aromatic N) is 3. The number of furan rings is 1. The average molecular weight is 526 g/mol. The fourth-order valence-corrected chi connectivity index (χ4v) is 4.29. The molecule has 1 radical (unpaired) electrons. The highest BCUT2D eigenvalue weighted by atomic mass is 16.5. The van der Waals surface area contributed by atoms with E-state index in [0.717, 1.165) is 44.1 Å². The lowest BCUT2D eigenvalue weighted by molar-refractivity contribution is -0.0893. The number of benzene rings is 4. The lowest BCUT2D eigenvalue weighted by Crippen LogP contribution is -2.49. The second kappa shape index (κ2) is 10.0. The van der Waals surface area contributed by atoms with Crippen LogP contribution in [0.3, 0.4) is 0 Å². The van der Waals surface area contributed by atoms with Crippen molar-refractivity contribution in [3.8, 4) is 34.2 Å². The average Bonchev–Trinajstić information content (AvgIpc) is 3.34. The maximum atomic E-state index is 10.4. The van der Waals surface area contributed by atoms with E-state index in [0.29, 0.717) is 17.5 Å². The first-order valence-electron chi connectivity index (χ1n) is 13.2. The molecule has 0 aliphatic heterocycles. The standard InChI is InChI=1S/C33H29BN3O3/c1-32(2,38)33(3,4)40-34-24-17-14-22(15-18-24)30-35-29(21-10-6-5-7-11-21)36-31(37-30)23-16-19-26-25-12-8-9-13-27(25)39-28(26)20-23/h5-20,38H,1-4H3. The Morgan fingerprint density at radius 2 is 1.18 bits per heavy atom. The first-order valence-corrected chi connectivity index (χ1v) is 13.2. The van der Waals surface area contributed by atoms with E-state index in [4.69, 9.17) is 24.0 Å². The normalized spacial score (nSPS) is 12.2. The minimum absolute atomic E-state index is 0.567. The number of para-hydroxylation sites is 1. The Morgan fingerprint density at radius 3 is 1.85 bits per heavy atom. The minimum Gasteiger partial charge on any atom is -0.456 e. The van der Waals surface area contributed by atoms with E-state index >= 15 is 0 Å². The third kappa shape index (κ3) is 5.01. The fraction of sp³-hybridized carbons (Fsp3) is 0.182. The highest BCUT2D eigenvalue weighted by Crippen LogP contribution is 2.32. The van der Waals surface area contributed by atoms with Crippen LogP contribution in [0.25, 0.3) is 56.1 Å². The van der Waals surface area contributed by atoms with E-state index in [2.05, 4.69) is 12.1 Å². The maximum absolute atomic E-state index is 10.4. The van der Waals surface area contributed by atoms with Gasteiger partial charge in [0.1, 0.15) is 11.2 Å². The zero-order valence-corrected chi connectivity index (χ0v) is 22.9. The molecule has 0 atom stereocenters. The molecule has 6 rings (SSSR count). The molecule has 6 aromatic rings. The minimum atomic E-state index is -0.996. The predicted octanol–water partition coefficient (Wildman–Crippen LogP) is 6.58. The van der Waals surface area contributed by atoms with Gasteiger partial charge in [-0.2, -0.15) is 0 Å². The van der Waals surface area contributed by atoms with Crippen LogP contribution in [-0.2, 0) is 4.65 Å². The summed E-state index contributed by atoms with van der Waals surface area (Å²) in [5.74, 6) is 1.73. The molecule has 197 valence electrons. The number of fused-ring (bicyclic) bond motifs is 3. The Morgan fingerprint density at radius 1 is 0.625 bits per heavy atom. The first kappa shape index (κ1) is 25.9. The lowest BCUT2D eigenvalue weighted by Gasteiger charge is -2.37. The second-order valence-corrected chi connectivity index (χ2v) is 10.9. The Hall–Kier alpha value is -4.33. The molecule has 2 aromatic heterocycles. The largest absolute Gasteiger partial charge is 0.456 e. The molecule has 0 bridgehead atoms. The van der Waals surface area contributed by atoms with Gasteiger partial charge < -0.3 is 14.2 Å². The SMILES string of the molecule is CC(C)(O)C(C)(C)O[B]c1ccc(-c2nc(-c3ccccc3)nc(-c3ccc4c(c3)oc3ccccc34)n2)cc1. The van der Waals surface area contributed by atoms with E-state index < -0.39 is 11.2 Å². The molecule has 0 aliphatic carbocycles. The summed E-state index contributed by atoms with van der Waals surface area (Å²) in [5.41, 5.74) is 3.37. The van der Waals surface area contributed by atoms with Gasteiger partial charge in [0.15, 0.2) is 17.5 Å². The van der Waals surface area contributed by atoms with Gasteiger partial charge >= 0.3 is 7.48 Å². The van der Waals surface area contributed by atoms with Crippen LogP contribution >= 0.6 is 0 Å². The van der Waals surface area contributed by atoms with Crippen molar-refractivity contribution < 1.29 is 14.2 Å². The molecule has 0 unspecified atom stereocenters. The summed E-state index contributed by atoms with van der Waals surface area (Å²) >= 11 is 0. The van der Waals surface area contributed by atoms with Crippen molar-refractivity contribution in [1.82, 2.24) is 15.0 Å². The van der Waals surface area contributed by atoms with E-state index in [-0.39, 0.29) is 0 Å². The summed E-state index contributed by atoms with van der Waals surface area (Å²) in [6, 6.07) is 31.8.